The van der Waals surface area contributed by atoms with Gasteiger partial charge in [-0.2, -0.15) is 4.98 Å². The molecule has 2 heterocycles. The summed E-state index contributed by atoms with van der Waals surface area (Å²) in [6, 6.07) is 13.7. The monoisotopic (exact) mass is 480 g/mol. The molecule has 8 nitrogen and oxygen atoms in total. The lowest BCUT2D eigenvalue weighted by molar-refractivity contribution is 0.112. The third-order valence-electron chi connectivity index (χ3n) is 6.07. The van der Waals surface area contributed by atoms with Gasteiger partial charge in [-0.1, -0.05) is 30.3 Å². The molecule has 0 amide bonds. The number of ether oxygens (including phenoxy) is 1. The number of likely N-dealkylation sites (tertiary alicyclic amines) is 1. The fourth-order valence-electron chi connectivity index (χ4n) is 4.20. The van der Waals surface area contributed by atoms with Crippen LogP contribution in [0, 0.1) is 13.8 Å². The molecule has 1 atom stereocenters. The molecule has 0 radical (unpaired) electrons. The van der Waals surface area contributed by atoms with E-state index in [0.29, 0.717) is 24.5 Å². The van der Waals surface area contributed by atoms with Gasteiger partial charge in [-0.25, -0.2) is 18.1 Å². The summed E-state index contributed by atoms with van der Waals surface area (Å²) in [5.41, 5.74) is 3.74. The van der Waals surface area contributed by atoms with Gasteiger partial charge in [0.1, 0.15) is 12.9 Å². The van der Waals surface area contributed by atoms with Crippen molar-refractivity contribution in [3.8, 4) is 17.1 Å². The molecule has 1 fully saturated rings. The molecule has 0 aliphatic carbocycles. The molecule has 178 valence electrons. The van der Waals surface area contributed by atoms with Crippen molar-refractivity contribution < 1.29 is 17.9 Å². The predicted octanol–water partition coefficient (Wildman–Crippen LogP) is 3.85. The van der Waals surface area contributed by atoms with Crippen molar-refractivity contribution in [2.45, 2.75) is 37.6 Å². The number of likely N-dealkylation sites (N-methyl/N-ethyl adjacent to an activating group) is 1. The fraction of sp³-hybridized carbons (Fsp3) is 0.320. The van der Waals surface area contributed by atoms with Gasteiger partial charge in [0.2, 0.25) is 11.8 Å². The second-order valence-electron chi connectivity index (χ2n) is 8.57. The Labute approximate surface area is 200 Å². The Kier molecular flexibility index (Phi) is 6.95. The van der Waals surface area contributed by atoms with E-state index in [0.717, 1.165) is 36.1 Å². The van der Waals surface area contributed by atoms with Crippen LogP contribution in [-0.4, -0.2) is 55.8 Å². The first-order valence-electron chi connectivity index (χ1n) is 11.1. The first kappa shape index (κ1) is 23.8. The van der Waals surface area contributed by atoms with Crippen LogP contribution < -0.4 is 9.46 Å². The van der Waals surface area contributed by atoms with E-state index in [4.69, 9.17) is 4.74 Å². The largest absolute Gasteiger partial charge is 0.476 e. The van der Waals surface area contributed by atoms with E-state index in [1.54, 1.807) is 6.07 Å². The number of nitrogens with one attached hydrogen (secondary N) is 1. The van der Waals surface area contributed by atoms with Crippen LogP contribution in [0.1, 0.15) is 34.3 Å². The Balaban J connectivity index is 1.71. The highest BCUT2D eigenvalue weighted by molar-refractivity contribution is 7.92. The third kappa shape index (κ3) is 5.26. The number of anilines is 1. The number of nitrogens with zero attached hydrogens (tertiary/aromatic N) is 3. The Bertz CT molecular complexity index is 1290. The summed E-state index contributed by atoms with van der Waals surface area (Å²) < 4.78 is 34.5. The number of aromatic nitrogens is 2. The Hall–Kier alpha value is -3.30. The molecule has 0 unspecified atom stereocenters. The van der Waals surface area contributed by atoms with Gasteiger partial charge in [0.15, 0.2) is 0 Å². The molecule has 3 aromatic rings. The molecule has 1 aliphatic heterocycles. The van der Waals surface area contributed by atoms with Crippen LogP contribution >= 0.6 is 0 Å². The molecular weight excluding hydrogens is 452 g/mol. The minimum Gasteiger partial charge on any atom is -0.476 e. The van der Waals surface area contributed by atoms with Crippen LogP contribution in [-0.2, 0) is 10.0 Å². The molecule has 0 spiro atoms. The highest BCUT2D eigenvalue weighted by atomic mass is 32.2. The zero-order valence-corrected chi connectivity index (χ0v) is 20.3. The van der Waals surface area contributed by atoms with Crippen LogP contribution in [0.15, 0.2) is 53.4 Å². The van der Waals surface area contributed by atoms with Crippen LogP contribution in [0.5, 0.6) is 5.88 Å². The van der Waals surface area contributed by atoms with Gasteiger partial charge in [0.25, 0.3) is 10.0 Å². The Morgan fingerprint density at radius 1 is 1.12 bits per heavy atom. The molecule has 0 bridgehead atoms. The fourth-order valence-corrected chi connectivity index (χ4v) is 5.20. The van der Waals surface area contributed by atoms with Crippen molar-refractivity contribution >= 4 is 22.3 Å². The van der Waals surface area contributed by atoms with Crippen molar-refractivity contribution in [3.05, 3.63) is 65.2 Å². The molecule has 1 N–H and O–H groups in total. The molecular formula is C25H28N4O4S. The van der Waals surface area contributed by atoms with Gasteiger partial charge in [-0.15, -0.1) is 0 Å². The summed E-state index contributed by atoms with van der Waals surface area (Å²) in [5, 5.41) is 0. The number of aldehydes is 1. The van der Waals surface area contributed by atoms with E-state index < -0.39 is 10.0 Å². The number of sulfonamides is 1. The molecule has 34 heavy (non-hydrogen) atoms. The standard InChI is InChI=1S/C25H28N4O4S/c1-17-7-4-8-18(2)24(17)22-14-23(33-16-20-10-6-12-29(20)3)27-25(26-22)28-34(31,32)21-11-5-9-19(13-21)15-30/h4-5,7-9,11,13-15,20H,6,10,12,16H2,1-3H3,(H,26,27,28)/t20-/m1/s1. The zero-order chi connectivity index (χ0) is 24.3. The summed E-state index contributed by atoms with van der Waals surface area (Å²) in [6.45, 7) is 5.43. The van der Waals surface area contributed by atoms with E-state index in [1.165, 1.54) is 24.3 Å². The topological polar surface area (TPSA) is 101 Å². The summed E-state index contributed by atoms with van der Waals surface area (Å²) >= 11 is 0. The van der Waals surface area contributed by atoms with Crippen molar-refractivity contribution in [2.75, 3.05) is 24.9 Å². The van der Waals surface area contributed by atoms with Gasteiger partial charge >= 0.3 is 0 Å². The van der Waals surface area contributed by atoms with E-state index in [2.05, 4.69) is 26.6 Å². The average molecular weight is 481 g/mol. The number of hydrogen-bond acceptors (Lipinski definition) is 7. The zero-order valence-electron chi connectivity index (χ0n) is 19.5. The summed E-state index contributed by atoms with van der Waals surface area (Å²) in [5.74, 6) is 0.207. The lowest BCUT2D eigenvalue weighted by atomic mass is 10.00. The second-order valence-corrected chi connectivity index (χ2v) is 10.2. The van der Waals surface area contributed by atoms with Gasteiger partial charge in [-0.3, -0.25) is 4.79 Å². The van der Waals surface area contributed by atoms with Gasteiger partial charge < -0.3 is 9.64 Å². The van der Waals surface area contributed by atoms with Gasteiger partial charge in [0, 0.05) is 23.2 Å². The van der Waals surface area contributed by atoms with Crippen molar-refractivity contribution in [2.24, 2.45) is 0 Å². The maximum Gasteiger partial charge on any atom is 0.264 e. The quantitative estimate of drug-likeness (QED) is 0.489. The van der Waals surface area contributed by atoms with E-state index in [1.807, 2.05) is 32.0 Å². The smallest absolute Gasteiger partial charge is 0.264 e. The molecule has 1 saturated heterocycles. The molecule has 4 rings (SSSR count). The summed E-state index contributed by atoms with van der Waals surface area (Å²) in [6.07, 6.45) is 2.76. The van der Waals surface area contributed by atoms with Crippen LogP contribution in [0.4, 0.5) is 5.95 Å². The Morgan fingerprint density at radius 3 is 2.53 bits per heavy atom. The first-order chi connectivity index (χ1) is 16.3. The molecule has 0 saturated carbocycles. The normalized spacial score (nSPS) is 16.4. The maximum atomic E-state index is 13.0. The third-order valence-corrected chi connectivity index (χ3v) is 7.39. The SMILES string of the molecule is Cc1cccc(C)c1-c1cc(OC[C@H]2CCCN2C)nc(NS(=O)(=O)c2cccc(C=O)c2)n1. The van der Waals surface area contributed by atoms with Crippen LogP contribution in [0.2, 0.25) is 0 Å². The number of aryl methyl sites for hydroxylation is 2. The van der Waals surface area contributed by atoms with E-state index in [-0.39, 0.29) is 22.4 Å². The molecule has 2 aromatic carbocycles. The molecule has 1 aromatic heterocycles. The minimum atomic E-state index is -4.02. The molecule has 1 aliphatic rings. The van der Waals surface area contributed by atoms with Crippen LogP contribution in [0.3, 0.4) is 0 Å². The van der Waals surface area contributed by atoms with E-state index in [9.17, 15) is 13.2 Å². The minimum absolute atomic E-state index is 0.0479. The number of carbonyl (C=O) groups is 1. The highest BCUT2D eigenvalue weighted by Crippen LogP contribution is 2.29. The highest BCUT2D eigenvalue weighted by Gasteiger charge is 2.23. The van der Waals surface area contributed by atoms with Crippen molar-refractivity contribution in [1.82, 2.24) is 14.9 Å². The number of carbonyl (C=O) groups excluding carboxylic acids is 1. The number of benzene rings is 2. The lowest BCUT2D eigenvalue weighted by Gasteiger charge is -2.20. The van der Waals surface area contributed by atoms with Crippen molar-refractivity contribution in [3.63, 3.8) is 0 Å². The summed E-state index contributed by atoms with van der Waals surface area (Å²) in [4.78, 5) is 22.2. The number of hydrogen-bond donors (Lipinski definition) is 1. The van der Waals surface area contributed by atoms with Gasteiger partial charge in [-0.05, 0) is 63.5 Å². The predicted molar refractivity (Wildman–Crippen MR) is 131 cm³/mol. The average Bonchev–Trinajstić information content (AvgIpc) is 3.22. The van der Waals surface area contributed by atoms with Crippen LogP contribution in [0.25, 0.3) is 11.3 Å². The van der Waals surface area contributed by atoms with Gasteiger partial charge in [0.05, 0.1) is 10.6 Å². The second kappa shape index (κ2) is 9.90. The number of rotatable bonds is 8. The van der Waals surface area contributed by atoms with E-state index >= 15 is 0 Å². The van der Waals surface area contributed by atoms with Crippen molar-refractivity contribution in [1.29, 1.82) is 0 Å². The summed E-state index contributed by atoms with van der Waals surface area (Å²) in [7, 11) is -1.95. The first-order valence-corrected chi connectivity index (χ1v) is 12.6. The Morgan fingerprint density at radius 2 is 1.85 bits per heavy atom. The maximum absolute atomic E-state index is 13.0. The molecule has 9 heteroatoms. The lowest BCUT2D eigenvalue weighted by Crippen LogP contribution is -2.30.